The maximum atomic E-state index is 4.78. The highest BCUT2D eigenvalue weighted by atomic mass is 15.2. The van der Waals surface area contributed by atoms with E-state index in [4.69, 9.17) is 4.98 Å². The number of para-hydroxylation sites is 2. The van der Waals surface area contributed by atoms with Gasteiger partial charge in [-0.1, -0.05) is 12.1 Å². The molecular formula is C19H23N7. The molecule has 0 saturated carbocycles. The molecule has 0 radical (unpaired) electrons. The fourth-order valence-electron chi connectivity index (χ4n) is 3.25. The maximum Gasteiger partial charge on any atom is 0.224 e. The molecule has 0 aliphatic carbocycles. The van der Waals surface area contributed by atoms with E-state index in [0.29, 0.717) is 5.95 Å². The minimum atomic E-state index is 0.287. The number of hydrogen-bond acceptors (Lipinski definition) is 7. The van der Waals surface area contributed by atoms with Crippen molar-refractivity contribution in [1.29, 1.82) is 0 Å². The molecule has 1 saturated heterocycles. The van der Waals surface area contributed by atoms with Gasteiger partial charge in [0, 0.05) is 39.4 Å². The standard InChI is InChI=1S/C19H23N7/c1-25(2)17-9-10-20-19(24-17)22-14-6-5-11-26(13-14)18-12-21-15-7-3-4-8-16(15)23-18/h3-4,7-10,12,14H,5-6,11,13H2,1-2H3,(H,20,22,24). The van der Waals surface area contributed by atoms with Gasteiger partial charge in [-0.2, -0.15) is 4.98 Å². The van der Waals surface area contributed by atoms with Crippen molar-refractivity contribution in [2.24, 2.45) is 0 Å². The molecule has 0 spiro atoms. The van der Waals surface area contributed by atoms with Gasteiger partial charge in [0.05, 0.1) is 17.2 Å². The van der Waals surface area contributed by atoms with E-state index in [1.165, 1.54) is 0 Å². The summed E-state index contributed by atoms with van der Waals surface area (Å²) in [7, 11) is 3.96. The van der Waals surface area contributed by atoms with E-state index >= 15 is 0 Å². The summed E-state index contributed by atoms with van der Waals surface area (Å²) in [5.41, 5.74) is 1.86. The Balaban J connectivity index is 1.49. The lowest BCUT2D eigenvalue weighted by atomic mass is 10.1. The first-order chi connectivity index (χ1) is 12.7. The number of piperidine rings is 1. The third-order valence-electron chi connectivity index (χ3n) is 4.61. The summed E-state index contributed by atoms with van der Waals surface area (Å²) in [6.07, 6.45) is 5.85. The summed E-state index contributed by atoms with van der Waals surface area (Å²) in [6, 6.07) is 10.2. The summed E-state index contributed by atoms with van der Waals surface area (Å²) in [6.45, 7) is 1.85. The van der Waals surface area contributed by atoms with Crippen molar-refractivity contribution < 1.29 is 0 Å². The van der Waals surface area contributed by atoms with Crippen LogP contribution >= 0.6 is 0 Å². The highest BCUT2D eigenvalue weighted by molar-refractivity contribution is 5.75. The molecule has 3 heterocycles. The fourth-order valence-corrected chi connectivity index (χ4v) is 3.25. The van der Waals surface area contributed by atoms with Crippen molar-refractivity contribution in [3.05, 3.63) is 42.7 Å². The Morgan fingerprint density at radius 3 is 2.77 bits per heavy atom. The van der Waals surface area contributed by atoms with Crippen LogP contribution in [0.2, 0.25) is 0 Å². The average Bonchev–Trinajstić information content (AvgIpc) is 2.68. The predicted octanol–water partition coefficient (Wildman–Crippen LogP) is 2.57. The van der Waals surface area contributed by atoms with Crippen LogP contribution in [0, 0.1) is 0 Å². The SMILES string of the molecule is CN(C)c1ccnc(NC2CCCN(c3cnc4ccccc4n3)C2)n1. The minimum Gasteiger partial charge on any atom is -0.363 e. The molecular weight excluding hydrogens is 326 g/mol. The average molecular weight is 349 g/mol. The van der Waals surface area contributed by atoms with Crippen molar-refractivity contribution in [3.8, 4) is 0 Å². The number of benzene rings is 1. The van der Waals surface area contributed by atoms with E-state index < -0.39 is 0 Å². The molecule has 0 bridgehead atoms. The fraction of sp³-hybridized carbons (Fsp3) is 0.368. The second kappa shape index (κ2) is 7.11. The highest BCUT2D eigenvalue weighted by Gasteiger charge is 2.22. The van der Waals surface area contributed by atoms with Gasteiger partial charge in [0.15, 0.2) is 0 Å². The van der Waals surface area contributed by atoms with Crippen LogP contribution in [0.15, 0.2) is 42.7 Å². The topological polar surface area (TPSA) is 70.1 Å². The molecule has 26 heavy (non-hydrogen) atoms. The van der Waals surface area contributed by atoms with Crippen LogP contribution in [0.5, 0.6) is 0 Å². The van der Waals surface area contributed by atoms with Crippen molar-refractivity contribution in [1.82, 2.24) is 19.9 Å². The van der Waals surface area contributed by atoms with E-state index in [-0.39, 0.29) is 6.04 Å². The summed E-state index contributed by atoms with van der Waals surface area (Å²) < 4.78 is 0. The van der Waals surface area contributed by atoms with Crippen LogP contribution in [0.25, 0.3) is 11.0 Å². The number of fused-ring (bicyclic) bond motifs is 1. The van der Waals surface area contributed by atoms with Crippen LogP contribution in [-0.2, 0) is 0 Å². The van der Waals surface area contributed by atoms with Gasteiger partial charge >= 0.3 is 0 Å². The molecule has 1 N–H and O–H groups in total. The van der Waals surface area contributed by atoms with E-state index in [9.17, 15) is 0 Å². The number of nitrogens with zero attached hydrogens (tertiary/aromatic N) is 6. The second-order valence-electron chi connectivity index (χ2n) is 6.78. The van der Waals surface area contributed by atoms with Crippen LogP contribution < -0.4 is 15.1 Å². The predicted molar refractivity (Wildman–Crippen MR) is 105 cm³/mol. The maximum absolute atomic E-state index is 4.78. The smallest absolute Gasteiger partial charge is 0.224 e. The van der Waals surface area contributed by atoms with Gasteiger partial charge in [-0.15, -0.1) is 0 Å². The largest absolute Gasteiger partial charge is 0.363 e. The Labute approximate surface area is 153 Å². The molecule has 4 rings (SSSR count). The van der Waals surface area contributed by atoms with Crippen molar-refractivity contribution in [3.63, 3.8) is 0 Å². The number of anilines is 3. The third-order valence-corrected chi connectivity index (χ3v) is 4.61. The first-order valence-electron chi connectivity index (χ1n) is 8.93. The lowest BCUT2D eigenvalue weighted by Gasteiger charge is -2.33. The molecule has 0 amide bonds. The molecule has 1 aliphatic rings. The van der Waals surface area contributed by atoms with Crippen LogP contribution in [0.1, 0.15) is 12.8 Å². The Morgan fingerprint density at radius 2 is 1.92 bits per heavy atom. The zero-order valence-electron chi connectivity index (χ0n) is 15.1. The minimum absolute atomic E-state index is 0.287. The number of aromatic nitrogens is 4. The Hall–Kier alpha value is -2.96. The lowest BCUT2D eigenvalue weighted by molar-refractivity contribution is 0.524. The molecule has 7 nitrogen and oxygen atoms in total. The summed E-state index contributed by atoms with van der Waals surface area (Å²) in [5.74, 6) is 2.50. The summed E-state index contributed by atoms with van der Waals surface area (Å²) >= 11 is 0. The lowest BCUT2D eigenvalue weighted by Crippen LogP contribution is -2.42. The number of rotatable bonds is 4. The number of nitrogens with one attached hydrogen (secondary N) is 1. The molecule has 3 aromatic rings. The summed E-state index contributed by atoms with van der Waals surface area (Å²) in [5, 5.41) is 3.47. The molecule has 1 unspecified atom stereocenters. The Morgan fingerprint density at radius 1 is 1.08 bits per heavy atom. The van der Waals surface area contributed by atoms with Gasteiger partial charge in [-0.25, -0.2) is 9.97 Å². The second-order valence-corrected chi connectivity index (χ2v) is 6.78. The van der Waals surface area contributed by atoms with E-state index in [1.54, 1.807) is 6.20 Å². The summed E-state index contributed by atoms with van der Waals surface area (Å²) in [4.78, 5) is 22.5. The van der Waals surface area contributed by atoms with Crippen molar-refractivity contribution >= 4 is 28.6 Å². The molecule has 2 aromatic heterocycles. The van der Waals surface area contributed by atoms with Gasteiger partial charge < -0.3 is 15.1 Å². The molecule has 1 fully saturated rings. The zero-order chi connectivity index (χ0) is 17.9. The first-order valence-corrected chi connectivity index (χ1v) is 8.93. The van der Waals surface area contributed by atoms with Crippen LogP contribution in [0.3, 0.4) is 0 Å². The van der Waals surface area contributed by atoms with Gasteiger partial charge in [0.1, 0.15) is 11.6 Å². The van der Waals surface area contributed by atoms with Crippen molar-refractivity contribution in [2.75, 3.05) is 42.3 Å². The molecule has 1 aliphatic heterocycles. The quantitative estimate of drug-likeness (QED) is 0.776. The van der Waals surface area contributed by atoms with E-state index in [0.717, 1.165) is 48.6 Å². The monoisotopic (exact) mass is 349 g/mol. The molecule has 7 heteroatoms. The molecule has 134 valence electrons. The van der Waals surface area contributed by atoms with E-state index in [2.05, 4.69) is 25.2 Å². The van der Waals surface area contributed by atoms with Crippen LogP contribution in [0.4, 0.5) is 17.6 Å². The normalized spacial score (nSPS) is 17.3. The first kappa shape index (κ1) is 16.5. The van der Waals surface area contributed by atoms with E-state index in [1.807, 2.05) is 55.5 Å². The third kappa shape index (κ3) is 3.51. The van der Waals surface area contributed by atoms with Gasteiger partial charge in [-0.05, 0) is 31.0 Å². The van der Waals surface area contributed by atoms with Gasteiger partial charge in [-0.3, -0.25) is 4.98 Å². The Kier molecular flexibility index (Phi) is 4.51. The Bertz CT molecular complexity index is 896. The number of hydrogen-bond donors (Lipinski definition) is 1. The van der Waals surface area contributed by atoms with Gasteiger partial charge in [0.2, 0.25) is 5.95 Å². The molecule has 1 atom stereocenters. The van der Waals surface area contributed by atoms with Gasteiger partial charge in [0.25, 0.3) is 0 Å². The van der Waals surface area contributed by atoms with Crippen LogP contribution in [-0.4, -0.2) is 53.2 Å². The highest BCUT2D eigenvalue weighted by Crippen LogP contribution is 2.21. The molecule has 1 aromatic carbocycles. The zero-order valence-corrected chi connectivity index (χ0v) is 15.1. The van der Waals surface area contributed by atoms with Crippen molar-refractivity contribution in [2.45, 2.75) is 18.9 Å².